The van der Waals surface area contributed by atoms with Crippen LogP contribution in [0.4, 0.5) is 0 Å². The Balaban J connectivity index is 1.95. The molecule has 0 bridgehead atoms. The molecule has 0 saturated heterocycles. The topological polar surface area (TPSA) is 17.1 Å². The minimum atomic E-state index is 0.288. The Bertz CT molecular complexity index is 378. The Morgan fingerprint density at radius 3 is 2.53 bits per heavy atom. The summed E-state index contributed by atoms with van der Waals surface area (Å²) in [5.41, 5.74) is 1.05. The highest BCUT2D eigenvalue weighted by Crippen LogP contribution is 2.25. The largest absolute Gasteiger partial charge is 0.299 e. The molecule has 17 heavy (non-hydrogen) atoms. The molecule has 1 nitrogen and oxygen atoms in total. The number of halogens is 1. The van der Waals surface area contributed by atoms with Crippen LogP contribution in [0, 0.1) is 5.92 Å². The molecule has 2 rings (SSSR count). The van der Waals surface area contributed by atoms with Crippen molar-refractivity contribution in [2.75, 3.05) is 0 Å². The molecule has 92 valence electrons. The van der Waals surface area contributed by atoms with Gasteiger partial charge in [-0.05, 0) is 30.5 Å². The maximum absolute atomic E-state index is 12.2. The van der Waals surface area contributed by atoms with Crippen LogP contribution in [0.5, 0.6) is 0 Å². The van der Waals surface area contributed by atoms with E-state index in [1.807, 2.05) is 24.3 Å². The minimum absolute atomic E-state index is 0.288. The maximum Gasteiger partial charge on any atom is 0.140 e. The summed E-state index contributed by atoms with van der Waals surface area (Å²) < 4.78 is 0. The Morgan fingerprint density at radius 2 is 1.88 bits per heavy atom. The first-order valence-electron chi connectivity index (χ1n) is 6.53. The Morgan fingerprint density at radius 1 is 1.18 bits per heavy atom. The normalized spacial score (nSPS) is 17.7. The molecule has 1 fully saturated rings. The second-order valence-corrected chi connectivity index (χ2v) is 5.40. The van der Waals surface area contributed by atoms with Gasteiger partial charge in [-0.3, -0.25) is 4.79 Å². The van der Waals surface area contributed by atoms with Crippen LogP contribution in [0.25, 0.3) is 0 Å². The van der Waals surface area contributed by atoms with Gasteiger partial charge in [0.25, 0.3) is 0 Å². The molecule has 0 spiro atoms. The number of ketones is 1. The first kappa shape index (κ1) is 12.6. The van der Waals surface area contributed by atoms with Crippen LogP contribution in [0.1, 0.15) is 44.1 Å². The average molecular weight is 251 g/mol. The van der Waals surface area contributed by atoms with E-state index in [2.05, 4.69) is 0 Å². The van der Waals surface area contributed by atoms with E-state index in [1.165, 1.54) is 25.7 Å². The van der Waals surface area contributed by atoms with Crippen molar-refractivity contribution in [3.8, 4) is 0 Å². The van der Waals surface area contributed by atoms with Crippen molar-refractivity contribution in [1.29, 1.82) is 0 Å². The van der Waals surface area contributed by atoms with Crippen LogP contribution in [0.3, 0.4) is 0 Å². The standard InChI is InChI=1S/C15H19ClO/c16-14-9-5-6-12(10-14)11-15(17)13-7-3-1-2-4-8-13/h5-6,9-10,13H,1-4,7-8,11H2. The van der Waals surface area contributed by atoms with Crippen LogP contribution in [0.15, 0.2) is 24.3 Å². The molecule has 0 aromatic heterocycles. The zero-order valence-electron chi connectivity index (χ0n) is 10.1. The lowest BCUT2D eigenvalue weighted by Gasteiger charge is -2.12. The Labute approximate surface area is 108 Å². The molecule has 1 aromatic carbocycles. The molecule has 0 heterocycles. The third-order valence-corrected chi connectivity index (χ3v) is 3.81. The van der Waals surface area contributed by atoms with Crippen molar-refractivity contribution in [1.82, 2.24) is 0 Å². The SMILES string of the molecule is O=C(Cc1cccc(Cl)c1)C1CCCCCC1. The summed E-state index contributed by atoms with van der Waals surface area (Å²) in [6, 6.07) is 7.65. The monoisotopic (exact) mass is 250 g/mol. The Hall–Kier alpha value is -0.820. The van der Waals surface area contributed by atoms with E-state index in [4.69, 9.17) is 11.6 Å². The van der Waals surface area contributed by atoms with Gasteiger partial charge in [-0.2, -0.15) is 0 Å². The van der Waals surface area contributed by atoms with Gasteiger partial charge < -0.3 is 0 Å². The second-order valence-electron chi connectivity index (χ2n) is 4.96. The van der Waals surface area contributed by atoms with Crippen molar-refractivity contribution < 1.29 is 4.79 Å². The predicted molar refractivity (Wildman–Crippen MR) is 71.4 cm³/mol. The Kier molecular flexibility index (Phi) is 4.61. The summed E-state index contributed by atoms with van der Waals surface area (Å²) >= 11 is 5.93. The number of hydrogen-bond donors (Lipinski definition) is 0. The molecule has 0 radical (unpaired) electrons. The lowest BCUT2D eigenvalue weighted by Crippen LogP contribution is -2.16. The molecule has 0 amide bonds. The zero-order valence-corrected chi connectivity index (χ0v) is 10.9. The molecule has 2 heteroatoms. The molecule has 1 aliphatic rings. The summed E-state index contributed by atoms with van der Waals surface area (Å²) in [6.07, 6.45) is 7.73. The molecule has 0 atom stereocenters. The fourth-order valence-corrected chi connectivity index (χ4v) is 2.81. The first-order chi connectivity index (χ1) is 8.25. The van der Waals surface area contributed by atoms with Crippen LogP contribution in [-0.4, -0.2) is 5.78 Å². The third kappa shape index (κ3) is 3.85. The summed E-state index contributed by atoms with van der Waals surface area (Å²) in [5, 5.41) is 0.719. The third-order valence-electron chi connectivity index (χ3n) is 3.58. The molecule has 0 unspecified atom stereocenters. The van der Waals surface area contributed by atoms with Crippen LogP contribution < -0.4 is 0 Å². The van der Waals surface area contributed by atoms with Crippen molar-refractivity contribution >= 4 is 17.4 Å². The smallest absolute Gasteiger partial charge is 0.140 e. The van der Waals surface area contributed by atoms with E-state index in [0.29, 0.717) is 12.2 Å². The fraction of sp³-hybridized carbons (Fsp3) is 0.533. The molecular weight excluding hydrogens is 232 g/mol. The van der Waals surface area contributed by atoms with Gasteiger partial charge in [-0.1, -0.05) is 49.4 Å². The van der Waals surface area contributed by atoms with Gasteiger partial charge in [-0.15, -0.1) is 0 Å². The minimum Gasteiger partial charge on any atom is -0.299 e. The summed E-state index contributed by atoms with van der Waals surface area (Å²) in [6.45, 7) is 0. The van der Waals surface area contributed by atoms with Gasteiger partial charge in [0.1, 0.15) is 5.78 Å². The maximum atomic E-state index is 12.2. The van der Waals surface area contributed by atoms with E-state index >= 15 is 0 Å². The highest BCUT2D eigenvalue weighted by molar-refractivity contribution is 6.30. The molecule has 1 aromatic rings. The molecule has 0 N–H and O–H groups in total. The number of carbonyl (C=O) groups is 1. The number of Topliss-reactive ketones (excluding diaryl/α,β-unsaturated/α-hetero) is 1. The van der Waals surface area contributed by atoms with Gasteiger partial charge in [0.15, 0.2) is 0 Å². The lowest BCUT2D eigenvalue weighted by atomic mass is 9.91. The molecule has 1 aliphatic carbocycles. The van der Waals surface area contributed by atoms with Crippen molar-refractivity contribution in [3.63, 3.8) is 0 Å². The molecule has 1 saturated carbocycles. The van der Waals surface area contributed by atoms with Gasteiger partial charge in [0.05, 0.1) is 0 Å². The number of benzene rings is 1. The van der Waals surface area contributed by atoms with Gasteiger partial charge in [-0.25, -0.2) is 0 Å². The fourth-order valence-electron chi connectivity index (χ4n) is 2.59. The second kappa shape index (κ2) is 6.20. The summed E-state index contributed by atoms with van der Waals surface area (Å²) in [4.78, 5) is 12.2. The highest BCUT2D eigenvalue weighted by atomic mass is 35.5. The van der Waals surface area contributed by atoms with Gasteiger partial charge in [0.2, 0.25) is 0 Å². The number of hydrogen-bond acceptors (Lipinski definition) is 1. The first-order valence-corrected chi connectivity index (χ1v) is 6.90. The van der Waals surface area contributed by atoms with Crippen LogP contribution >= 0.6 is 11.6 Å². The molecular formula is C15H19ClO. The summed E-state index contributed by atoms with van der Waals surface area (Å²) in [5.74, 6) is 0.686. The lowest BCUT2D eigenvalue weighted by molar-refractivity contribution is -0.122. The average Bonchev–Trinajstić information content (AvgIpc) is 2.57. The molecule has 0 aliphatic heterocycles. The van der Waals surface area contributed by atoms with E-state index in [9.17, 15) is 4.79 Å². The van der Waals surface area contributed by atoms with Gasteiger partial charge >= 0.3 is 0 Å². The van der Waals surface area contributed by atoms with E-state index in [1.54, 1.807) is 0 Å². The van der Waals surface area contributed by atoms with Crippen molar-refractivity contribution in [3.05, 3.63) is 34.9 Å². The van der Waals surface area contributed by atoms with Crippen LogP contribution in [0.2, 0.25) is 5.02 Å². The van der Waals surface area contributed by atoms with Crippen molar-refractivity contribution in [2.45, 2.75) is 44.9 Å². The van der Waals surface area contributed by atoms with E-state index in [0.717, 1.165) is 23.4 Å². The van der Waals surface area contributed by atoms with Crippen LogP contribution in [-0.2, 0) is 11.2 Å². The van der Waals surface area contributed by atoms with Gasteiger partial charge in [0, 0.05) is 17.4 Å². The highest BCUT2D eigenvalue weighted by Gasteiger charge is 2.19. The quantitative estimate of drug-likeness (QED) is 0.726. The predicted octanol–water partition coefficient (Wildman–Crippen LogP) is 4.42. The number of carbonyl (C=O) groups excluding carboxylic acids is 1. The summed E-state index contributed by atoms with van der Waals surface area (Å²) in [7, 11) is 0. The number of rotatable bonds is 3. The zero-order chi connectivity index (χ0) is 12.1. The van der Waals surface area contributed by atoms with Crippen molar-refractivity contribution in [2.24, 2.45) is 5.92 Å². The van der Waals surface area contributed by atoms with E-state index in [-0.39, 0.29) is 5.92 Å². The van der Waals surface area contributed by atoms with E-state index < -0.39 is 0 Å².